The molecule has 3 atom stereocenters. The number of rotatable bonds is 9. The Balaban J connectivity index is 1.25. The number of nitrogens with zero attached hydrogens (tertiary/aromatic N) is 1. The van der Waals surface area contributed by atoms with E-state index in [9.17, 15) is 18.3 Å². The van der Waals surface area contributed by atoms with Crippen LogP contribution in [-0.4, -0.2) is 69.4 Å². The van der Waals surface area contributed by atoms with Gasteiger partial charge in [-0.1, -0.05) is 30.3 Å². The van der Waals surface area contributed by atoms with Gasteiger partial charge < -0.3 is 19.5 Å². The third-order valence-electron chi connectivity index (χ3n) is 7.21. The number of methoxy groups -OCH3 is 1. The van der Waals surface area contributed by atoms with Crippen LogP contribution in [0.5, 0.6) is 5.75 Å². The Morgan fingerprint density at radius 1 is 1.06 bits per heavy atom. The molecule has 9 heteroatoms. The number of likely N-dealkylation sites (tertiary alicyclic amines) is 1. The van der Waals surface area contributed by atoms with E-state index in [2.05, 4.69) is 29.0 Å². The zero-order chi connectivity index (χ0) is 25.5. The first-order valence-electron chi connectivity index (χ1n) is 12.6. The fourth-order valence-electron chi connectivity index (χ4n) is 5.10. The monoisotopic (exact) mass is 516 g/mol. The number of piperidine rings is 1. The molecule has 0 saturated carbocycles. The van der Waals surface area contributed by atoms with E-state index in [0.29, 0.717) is 24.5 Å². The number of amides is 1. The summed E-state index contributed by atoms with van der Waals surface area (Å²) in [4.78, 5) is 15.0. The van der Waals surface area contributed by atoms with Gasteiger partial charge in [0.05, 0.1) is 43.3 Å². The van der Waals surface area contributed by atoms with Crippen molar-refractivity contribution >= 4 is 15.9 Å². The molecule has 2 N–H and O–H groups in total. The summed E-state index contributed by atoms with van der Waals surface area (Å²) in [5.41, 5.74) is 1.34. The zero-order valence-electron chi connectivity index (χ0n) is 20.7. The second-order valence-electron chi connectivity index (χ2n) is 9.68. The molecular formula is C27H36N2O6S. The highest BCUT2D eigenvalue weighted by atomic mass is 32.2. The Morgan fingerprint density at radius 2 is 1.75 bits per heavy atom. The van der Waals surface area contributed by atoms with Gasteiger partial charge in [0.1, 0.15) is 5.75 Å². The van der Waals surface area contributed by atoms with Crippen LogP contribution in [0.25, 0.3) is 0 Å². The van der Waals surface area contributed by atoms with Crippen molar-refractivity contribution in [1.29, 1.82) is 0 Å². The van der Waals surface area contributed by atoms with Gasteiger partial charge in [-0.05, 0) is 67.9 Å². The van der Waals surface area contributed by atoms with Crippen LogP contribution in [0.2, 0.25) is 0 Å². The molecule has 2 fully saturated rings. The minimum atomic E-state index is -3.79. The van der Waals surface area contributed by atoms with Gasteiger partial charge in [-0.3, -0.25) is 4.79 Å². The summed E-state index contributed by atoms with van der Waals surface area (Å²) in [7, 11) is -2.27. The van der Waals surface area contributed by atoms with Gasteiger partial charge >= 0.3 is 0 Å². The summed E-state index contributed by atoms with van der Waals surface area (Å²) < 4.78 is 39.4. The number of aliphatic hydroxyl groups is 1. The first kappa shape index (κ1) is 26.6. The highest BCUT2D eigenvalue weighted by molar-refractivity contribution is 7.89. The number of hydrogen-bond donors (Lipinski definition) is 2. The van der Waals surface area contributed by atoms with Crippen LogP contribution in [0.4, 0.5) is 0 Å². The van der Waals surface area contributed by atoms with Gasteiger partial charge in [0.2, 0.25) is 15.9 Å². The van der Waals surface area contributed by atoms with E-state index in [0.717, 1.165) is 32.4 Å². The van der Waals surface area contributed by atoms with E-state index in [-0.39, 0.29) is 29.9 Å². The molecule has 2 aromatic carbocycles. The summed E-state index contributed by atoms with van der Waals surface area (Å²) in [5, 5.41) is 9.88. The molecule has 0 aliphatic carbocycles. The van der Waals surface area contributed by atoms with Crippen molar-refractivity contribution < 1.29 is 27.8 Å². The van der Waals surface area contributed by atoms with Crippen molar-refractivity contribution in [2.75, 3.05) is 26.8 Å². The molecule has 0 aromatic heterocycles. The average molecular weight is 517 g/mol. The summed E-state index contributed by atoms with van der Waals surface area (Å²) in [6.07, 6.45) is 3.25. The number of hydrogen-bond acceptors (Lipinski definition) is 6. The lowest BCUT2D eigenvalue weighted by molar-refractivity contribution is -0.141. The molecule has 2 aliphatic rings. The molecule has 0 bridgehead atoms. The van der Waals surface area contributed by atoms with Crippen molar-refractivity contribution in [3.05, 3.63) is 60.2 Å². The lowest BCUT2D eigenvalue weighted by atomic mass is 9.90. The lowest BCUT2D eigenvalue weighted by Crippen LogP contribution is -2.51. The maximum absolute atomic E-state index is 12.9. The third-order valence-corrected chi connectivity index (χ3v) is 8.71. The zero-order valence-corrected chi connectivity index (χ0v) is 21.5. The number of carbonyl (C=O) groups excluding carboxylic acids is 1. The van der Waals surface area contributed by atoms with Crippen LogP contribution in [0, 0.1) is 5.92 Å². The molecule has 0 spiro atoms. The highest BCUT2D eigenvalue weighted by Crippen LogP contribution is 2.27. The van der Waals surface area contributed by atoms with Crippen LogP contribution < -0.4 is 9.46 Å². The number of sulfonamides is 1. The molecular weight excluding hydrogens is 480 g/mol. The number of aliphatic hydroxyl groups excluding tert-OH is 1. The van der Waals surface area contributed by atoms with Crippen LogP contribution >= 0.6 is 0 Å². The second-order valence-corrected chi connectivity index (χ2v) is 11.4. The van der Waals surface area contributed by atoms with Crippen molar-refractivity contribution in [1.82, 2.24) is 9.62 Å². The van der Waals surface area contributed by atoms with Crippen molar-refractivity contribution in [3.63, 3.8) is 0 Å². The Bertz CT molecular complexity index is 1090. The summed E-state index contributed by atoms with van der Waals surface area (Å²) in [6, 6.07) is 16.0. The van der Waals surface area contributed by atoms with Gasteiger partial charge in [0, 0.05) is 13.1 Å². The van der Waals surface area contributed by atoms with Crippen molar-refractivity contribution in [2.45, 2.75) is 61.7 Å². The standard InChI is InChI=1S/C27H36N2O6S/c1-34-22-7-10-24(11-8-22)36(32,33)28-25-12-9-23(35-26(25)19-30)18-27(31)29-15-13-21(14-16-29)17-20-5-3-2-4-6-20/h2-8,10-11,21,23,25-26,28,30H,9,12-19H2,1H3/t23-,25-,26+/m0/s1. The van der Waals surface area contributed by atoms with Crippen LogP contribution in [0.1, 0.15) is 37.7 Å². The predicted molar refractivity (Wildman–Crippen MR) is 136 cm³/mol. The molecule has 36 heavy (non-hydrogen) atoms. The van der Waals surface area contributed by atoms with Gasteiger partial charge in [-0.25, -0.2) is 13.1 Å². The number of nitrogens with one attached hydrogen (secondary N) is 1. The second kappa shape index (κ2) is 12.2. The van der Waals surface area contributed by atoms with E-state index in [1.165, 1.54) is 24.8 Å². The molecule has 2 saturated heterocycles. The van der Waals surface area contributed by atoms with E-state index in [1.54, 1.807) is 12.1 Å². The smallest absolute Gasteiger partial charge is 0.240 e. The third kappa shape index (κ3) is 6.85. The predicted octanol–water partition coefficient (Wildman–Crippen LogP) is 2.75. The van der Waals surface area contributed by atoms with E-state index in [4.69, 9.17) is 9.47 Å². The molecule has 2 heterocycles. The summed E-state index contributed by atoms with van der Waals surface area (Å²) in [5.74, 6) is 1.21. The summed E-state index contributed by atoms with van der Waals surface area (Å²) >= 11 is 0. The molecule has 0 unspecified atom stereocenters. The Labute approximate surface area is 213 Å². The van der Waals surface area contributed by atoms with Crippen molar-refractivity contribution in [2.24, 2.45) is 5.92 Å². The largest absolute Gasteiger partial charge is 0.497 e. The number of ether oxygens (including phenoxy) is 2. The molecule has 1 amide bonds. The normalized spacial score (nSPS) is 23.4. The van der Waals surface area contributed by atoms with E-state index in [1.807, 2.05) is 11.0 Å². The molecule has 196 valence electrons. The van der Waals surface area contributed by atoms with Gasteiger partial charge in [0.25, 0.3) is 0 Å². The fourth-order valence-corrected chi connectivity index (χ4v) is 6.40. The Morgan fingerprint density at radius 3 is 2.39 bits per heavy atom. The van der Waals surface area contributed by atoms with Crippen LogP contribution in [0.15, 0.2) is 59.5 Å². The molecule has 2 aliphatic heterocycles. The van der Waals surface area contributed by atoms with E-state index >= 15 is 0 Å². The van der Waals surface area contributed by atoms with Gasteiger partial charge in [0.15, 0.2) is 0 Å². The van der Waals surface area contributed by atoms with E-state index < -0.39 is 22.2 Å². The maximum atomic E-state index is 12.9. The molecule has 4 rings (SSSR count). The Kier molecular flexibility index (Phi) is 9.00. The quantitative estimate of drug-likeness (QED) is 0.531. The topological polar surface area (TPSA) is 105 Å². The Hall–Kier alpha value is -2.46. The van der Waals surface area contributed by atoms with Crippen LogP contribution in [0.3, 0.4) is 0 Å². The fraction of sp³-hybridized carbons (Fsp3) is 0.519. The number of carbonyl (C=O) groups is 1. The highest BCUT2D eigenvalue weighted by Gasteiger charge is 2.35. The average Bonchev–Trinajstić information content (AvgIpc) is 2.90. The molecule has 0 radical (unpaired) electrons. The molecule has 2 aromatic rings. The first-order chi connectivity index (χ1) is 17.4. The lowest BCUT2D eigenvalue weighted by Gasteiger charge is -2.37. The van der Waals surface area contributed by atoms with Gasteiger partial charge in [-0.15, -0.1) is 0 Å². The maximum Gasteiger partial charge on any atom is 0.240 e. The van der Waals surface area contributed by atoms with Crippen molar-refractivity contribution in [3.8, 4) is 5.75 Å². The minimum absolute atomic E-state index is 0.0621. The SMILES string of the molecule is COc1ccc(S(=O)(=O)N[C@H]2CC[C@@H](CC(=O)N3CCC(Cc4ccccc4)CC3)O[C@@H]2CO)cc1. The molecule has 8 nitrogen and oxygen atoms in total. The van der Waals surface area contributed by atoms with Crippen LogP contribution in [-0.2, 0) is 26.0 Å². The first-order valence-corrected chi connectivity index (χ1v) is 14.1. The minimum Gasteiger partial charge on any atom is -0.497 e. The summed E-state index contributed by atoms with van der Waals surface area (Å²) in [6.45, 7) is 1.17. The number of benzene rings is 2. The van der Waals surface area contributed by atoms with Gasteiger partial charge in [-0.2, -0.15) is 0 Å².